The monoisotopic (exact) mass is 314 g/mol. The Hall–Kier alpha value is -2.33. The highest BCUT2D eigenvalue weighted by Crippen LogP contribution is 2.27. The van der Waals surface area contributed by atoms with E-state index in [-0.39, 0.29) is 12.5 Å². The van der Waals surface area contributed by atoms with Gasteiger partial charge in [0, 0.05) is 17.3 Å². The Kier molecular flexibility index (Phi) is 4.39. The van der Waals surface area contributed by atoms with E-state index in [2.05, 4.69) is 5.16 Å². The van der Waals surface area contributed by atoms with Crippen molar-refractivity contribution in [2.75, 3.05) is 18.1 Å². The van der Waals surface area contributed by atoms with Gasteiger partial charge in [-0.05, 0) is 35.7 Å². The number of halogens is 1. The molecule has 0 unspecified atom stereocenters. The van der Waals surface area contributed by atoms with E-state index in [9.17, 15) is 4.79 Å². The number of para-hydroxylation sites is 1. The van der Waals surface area contributed by atoms with Crippen LogP contribution in [0.3, 0.4) is 0 Å². The van der Waals surface area contributed by atoms with E-state index in [1.165, 1.54) is 5.56 Å². The van der Waals surface area contributed by atoms with Crippen molar-refractivity contribution in [2.24, 2.45) is 5.16 Å². The highest BCUT2D eigenvalue weighted by molar-refractivity contribution is 6.30. The molecular formula is C17H15ClN2O2. The number of nitrogens with zero attached hydrogens (tertiary/aromatic N) is 2. The maximum Gasteiger partial charge on any atom is 0.267 e. The minimum Gasteiger partial charge on any atom is -0.386 e. The predicted molar refractivity (Wildman–Crippen MR) is 87.5 cm³/mol. The molecule has 3 rings (SSSR count). The third-order valence-electron chi connectivity index (χ3n) is 3.52. The largest absolute Gasteiger partial charge is 0.386 e. The third-order valence-corrected chi connectivity index (χ3v) is 3.77. The standard InChI is InChI=1S/C17H15ClN2O2/c18-15-7-5-13(6-8-15)11-19-22-12-17(21)20-10-9-14-3-1-2-4-16(14)20/h1-8,11H,9-10,12H2/b19-11+. The van der Waals surface area contributed by atoms with Crippen LogP contribution in [-0.4, -0.2) is 25.3 Å². The van der Waals surface area contributed by atoms with Crippen molar-refractivity contribution in [1.82, 2.24) is 0 Å². The van der Waals surface area contributed by atoms with Crippen LogP contribution in [0.5, 0.6) is 0 Å². The van der Waals surface area contributed by atoms with Crippen molar-refractivity contribution < 1.29 is 9.63 Å². The maximum atomic E-state index is 12.2. The predicted octanol–water partition coefficient (Wildman–Crippen LogP) is 3.28. The summed E-state index contributed by atoms with van der Waals surface area (Å²) in [5.74, 6) is -0.0850. The van der Waals surface area contributed by atoms with Gasteiger partial charge in [-0.3, -0.25) is 4.79 Å². The summed E-state index contributed by atoms with van der Waals surface area (Å²) < 4.78 is 0. The van der Waals surface area contributed by atoms with Gasteiger partial charge in [0.05, 0.1) is 6.21 Å². The van der Waals surface area contributed by atoms with Gasteiger partial charge in [-0.1, -0.05) is 47.1 Å². The van der Waals surface area contributed by atoms with Crippen LogP contribution in [0.25, 0.3) is 0 Å². The smallest absolute Gasteiger partial charge is 0.267 e. The van der Waals surface area contributed by atoms with Crippen LogP contribution in [0.4, 0.5) is 5.69 Å². The molecule has 0 saturated carbocycles. The molecule has 0 aromatic heterocycles. The lowest BCUT2D eigenvalue weighted by molar-refractivity contribution is -0.122. The summed E-state index contributed by atoms with van der Waals surface area (Å²) in [6, 6.07) is 15.1. The van der Waals surface area contributed by atoms with E-state index in [1.807, 2.05) is 36.4 Å². The van der Waals surface area contributed by atoms with E-state index in [0.29, 0.717) is 11.6 Å². The minimum absolute atomic E-state index is 0.0710. The molecule has 2 aromatic rings. The Morgan fingerprint density at radius 3 is 2.82 bits per heavy atom. The first-order chi connectivity index (χ1) is 10.7. The van der Waals surface area contributed by atoms with Gasteiger partial charge in [-0.25, -0.2) is 0 Å². The molecule has 0 atom stereocenters. The molecule has 0 aliphatic carbocycles. The first-order valence-electron chi connectivity index (χ1n) is 7.03. The summed E-state index contributed by atoms with van der Waals surface area (Å²) in [5, 5.41) is 4.49. The van der Waals surface area contributed by atoms with Crippen LogP contribution in [0.2, 0.25) is 5.02 Å². The van der Waals surface area contributed by atoms with Gasteiger partial charge in [-0.2, -0.15) is 0 Å². The van der Waals surface area contributed by atoms with Crippen molar-refractivity contribution in [3.05, 3.63) is 64.7 Å². The fraction of sp³-hybridized carbons (Fsp3) is 0.176. The van der Waals surface area contributed by atoms with Crippen LogP contribution < -0.4 is 4.90 Å². The number of oxime groups is 1. The molecule has 5 heteroatoms. The van der Waals surface area contributed by atoms with Crippen LogP contribution in [0, 0.1) is 0 Å². The zero-order chi connectivity index (χ0) is 15.4. The van der Waals surface area contributed by atoms with Crippen molar-refractivity contribution in [3.8, 4) is 0 Å². The number of amides is 1. The second-order valence-corrected chi connectivity index (χ2v) is 5.42. The molecule has 0 N–H and O–H groups in total. The molecule has 0 spiro atoms. The van der Waals surface area contributed by atoms with Gasteiger partial charge in [0.15, 0.2) is 6.61 Å². The van der Waals surface area contributed by atoms with Gasteiger partial charge in [0.2, 0.25) is 0 Å². The number of fused-ring (bicyclic) bond motifs is 1. The number of carbonyl (C=O) groups excluding carboxylic acids is 1. The highest BCUT2D eigenvalue weighted by atomic mass is 35.5. The van der Waals surface area contributed by atoms with Gasteiger partial charge in [0.25, 0.3) is 5.91 Å². The molecule has 112 valence electrons. The van der Waals surface area contributed by atoms with E-state index in [1.54, 1.807) is 23.2 Å². The molecular weight excluding hydrogens is 300 g/mol. The number of anilines is 1. The summed E-state index contributed by atoms with van der Waals surface area (Å²) in [6.07, 6.45) is 2.44. The molecule has 1 heterocycles. The van der Waals surface area contributed by atoms with Gasteiger partial charge >= 0.3 is 0 Å². The quantitative estimate of drug-likeness (QED) is 0.642. The van der Waals surface area contributed by atoms with Crippen LogP contribution in [-0.2, 0) is 16.1 Å². The van der Waals surface area contributed by atoms with Crippen molar-refractivity contribution in [2.45, 2.75) is 6.42 Å². The number of hydrogen-bond acceptors (Lipinski definition) is 3. The summed E-state index contributed by atoms with van der Waals surface area (Å²) in [4.78, 5) is 19.0. The zero-order valence-electron chi connectivity index (χ0n) is 11.9. The molecule has 1 amide bonds. The number of carbonyl (C=O) groups is 1. The van der Waals surface area contributed by atoms with Crippen LogP contribution in [0.1, 0.15) is 11.1 Å². The van der Waals surface area contributed by atoms with Crippen LogP contribution >= 0.6 is 11.6 Å². The lowest BCUT2D eigenvalue weighted by Gasteiger charge is -2.16. The number of rotatable bonds is 4. The summed E-state index contributed by atoms with van der Waals surface area (Å²) >= 11 is 5.80. The van der Waals surface area contributed by atoms with Gasteiger partial charge in [0.1, 0.15) is 0 Å². The Labute approximate surface area is 133 Å². The van der Waals surface area contributed by atoms with Crippen molar-refractivity contribution >= 4 is 29.4 Å². The molecule has 0 radical (unpaired) electrons. The Bertz CT molecular complexity index is 698. The Morgan fingerprint density at radius 2 is 2.00 bits per heavy atom. The minimum atomic E-state index is -0.0850. The number of benzene rings is 2. The van der Waals surface area contributed by atoms with E-state index < -0.39 is 0 Å². The molecule has 2 aromatic carbocycles. The van der Waals surface area contributed by atoms with E-state index in [4.69, 9.17) is 16.4 Å². The fourth-order valence-corrected chi connectivity index (χ4v) is 2.54. The average molecular weight is 315 g/mol. The molecule has 1 aliphatic rings. The molecule has 22 heavy (non-hydrogen) atoms. The second kappa shape index (κ2) is 6.62. The molecule has 1 aliphatic heterocycles. The normalized spacial score (nSPS) is 13.4. The van der Waals surface area contributed by atoms with E-state index in [0.717, 1.165) is 17.7 Å². The summed E-state index contributed by atoms with van der Waals surface area (Å²) in [5.41, 5.74) is 3.03. The Balaban J connectivity index is 1.54. The second-order valence-electron chi connectivity index (χ2n) is 4.98. The van der Waals surface area contributed by atoms with Crippen molar-refractivity contribution in [1.29, 1.82) is 0 Å². The molecule has 4 nitrogen and oxygen atoms in total. The molecule has 0 bridgehead atoms. The first kappa shape index (κ1) is 14.6. The average Bonchev–Trinajstić information content (AvgIpc) is 2.97. The van der Waals surface area contributed by atoms with Gasteiger partial charge < -0.3 is 9.74 Å². The summed E-state index contributed by atoms with van der Waals surface area (Å²) in [7, 11) is 0. The third kappa shape index (κ3) is 3.28. The molecule has 0 fully saturated rings. The fourth-order valence-electron chi connectivity index (χ4n) is 2.41. The lowest BCUT2D eigenvalue weighted by Crippen LogP contribution is -2.31. The SMILES string of the molecule is O=C(CO/N=C/c1ccc(Cl)cc1)N1CCc2ccccc21. The zero-order valence-corrected chi connectivity index (χ0v) is 12.7. The molecule has 0 saturated heterocycles. The van der Waals surface area contributed by atoms with E-state index >= 15 is 0 Å². The lowest BCUT2D eigenvalue weighted by atomic mass is 10.2. The summed E-state index contributed by atoms with van der Waals surface area (Å²) in [6.45, 7) is 0.626. The first-order valence-corrected chi connectivity index (χ1v) is 7.41. The topological polar surface area (TPSA) is 41.9 Å². The Morgan fingerprint density at radius 1 is 1.23 bits per heavy atom. The van der Waals surface area contributed by atoms with Crippen LogP contribution in [0.15, 0.2) is 53.7 Å². The number of hydrogen-bond donors (Lipinski definition) is 0. The van der Waals surface area contributed by atoms with Crippen molar-refractivity contribution in [3.63, 3.8) is 0 Å². The van der Waals surface area contributed by atoms with Gasteiger partial charge in [-0.15, -0.1) is 0 Å². The maximum absolute atomic E-state index is 12.2. The highest BCUT2D eigenvalue weighted by Gasteiger charge is 2.24.